The van der Waals surface area contributed by atoms with Gasteiger partial charge < -0.3 is 18.6 Å². The molecular weight excluding hydrogens is 985 g/mol. The van der Waals surface area contributed by atoms with Crippen molar-refractivity contribution in [2.24, 2.45) is 0 Å². The van der Waals surface area contributed by atoms with E-state index in [1.165, 1.54) is 65.7 Å². The fraction of sp³-hybridized carbons (Fsp3) is 0.0130. The van der Waals surface area contributed by atoms with Gasteiger partial charge in [0, 0.05) is 44.3 Å². The van der Waals surface area contributed by atoms with Crippen molar-refractivity contribution in [3.05, 3.63) is 313 Å². The Morgan fingerprint density at radius 2 is 0.642 bits per heavy atom. The van der Waals surface area contributed by atoms with E-state index in [2.05, 4.69) is 301 Å². The first-order valence-corrected chi connectivity index (χ1v) is 27.8. The Kier molecular flexibility index (Phi) is 9.89. The van der Waals surface area contributed by atoms with Crippen molar-refractivity contribution in [1.82, 2.24) is 0 Å². The van der Waals surface area contributed by atoms with Crippen LogP contribution in [0.5, 0.6) is 0 Å². The molecule has 378 valence electrons. The fourth-order valence-corrected chi connectivity index (χ4v) is 13.7. The lowest BCUT2D eigenvalue weighted by Crippen LogP contribution is -2.28. The highest BCUT2D eigenvalue weighted by molar-refractivity contribution is 6.22. The number of para-hydroxylation sites is 4. The second-order valence-electron chi connectivity index (χ2n) is 21.5. The predicted octanol–water partition coefficient (Wildman–Crippen LogP) is 21.4. The van der Waals surface area contributed by atoms with Gasteiger partial charge in [-0.1, -0.05) is 194 Å². The molecule has 4 nitrogen and oxygen atoms in total. The summed E-state index contributed by atoms with van der Waals surface area (Å²) in [5.41, 5.74) is 16.3. The molecule has 0 unspecified atom stereocenters. The molecule has 1 aliphatic rings. The third kappa shape index (κ3) is 6.78. The average molecular weight is 1030 g/mol. The van der Waals surface area contributed by atoms with Gasteiger partial charge in [-0.2, -0.15) is 0 Å². The number of hydrogen-bond acceptors (Lipinski definition) is 4. The van der Waals surface area contributed by atoms with Crippen LogP contribution < -0.4 is 9.80 Å². The summed E-state index contributed by atoms with van der Waals surface area (Å²) >= 11 is 0. The predicted molar refractivity (Wildman–Crippen MR) is 338 cm³/mol. The first kappa shape index (κ1) is 45.3. The molecule has 14 aromatic carbocycles. The van der Waals surface area contributed by atoms with Crippen LogP contribution in [0, 0.1) is 0 Å². The van der Waals surface area contributed by atoms with Gasteiger partial charge in [-0.3, -0.25) is 0 Å². The number of hydrogen-bond donors (Lipinski definition) is 0. The van der Waals surface area contributed by atoms with Crippen LogP contribution in [0.1, 0.15) is 22.3 Å². The third-order valence-electron chi connectivity index (χ3n) is 17.2. The molecule has 2 aromatic heterocycles. The summed E-state index contributed by atoms with van der Waals surface area (Å²) in [6.45, 7) is 0. The zero-order chi connectivity index (χ0) is 53.2. The van der Waals surface area contributed by atoms with Crippen molar-refractivity contribution in [3.63, 3.8) is 0 Å². The minimum atomic E-state index is -0.662. The van der Waals surface area contributed by atoms with E-state index in [1.54, 1.807) is 0 Å². The van der Waals surface area contributed by atoms with Crippen LogP contribution in [0.25, 0.3) is 98.1 Å². The van der Waals surface area contributed by atoms with Crippen molar-refractivity contribution < 1.29 is 8.83 Å². The van der Waals surface area contributed by atoms with E-state index in [0.717, 1.165) is 88.8 Å². The molecule has 0 N–H and O–H groups in total. The maximum absolute atomic E-state index is 6.92. The Bertz CT molecular complexity index is 4850. The standard InChI is InChI=1S/C77H48N2O2/c1-5-21-55(22-6-1)77(56-23-7-2-8-24-56)67-47-53-43-59(78(57-25-9-3-10-26-57)69-33-17-31-63-73-61-29-15-13-19-49(61)37-41-71(73)80-75(63)69)39-35-51(53)45-65(67)66-46-52-36-40-60(44-54(52)48-68(66)77)79(58-27-11-4-12-28-58)70-34-18-32-64-74-62-30-16-14-20-50(62)38-42-72(74)81-76(64)70/h1-48H. The summed E-state index contributed by atoms with van der Waals surface area (Å²) in [5, 5.41) is 13.9. The molecule has 1 aliphatic carbocycles. The molecular formula is C77H48N2O2. The molecule has 0 saturated heterocycles. The van der Waals surface area contributed by atoms with E-state index in [-0.39, 0.29) is 0 Å². The van der Waals surface area contributed by atoms with E-state index in [1.807, 2.05) is 0 Å². The molecule has 0 aliphatic heterocycles. The minimum Gasteiger partial charge on any atom is -0.454 e. The molecule has 16 aromatic rings. The second kappa shape index (κ2) is 17.7. The van der Waals surface area contributed by atoms with Gasteiger partial charge in [-0.15, -0.1) is 0 Å². The molecule has 17 rings (SSSR count). The van der Waals surface area contributed by atoms with Crippen molar-refractivity contribution >= 4 is 121 Å². The van der Waals surface area contributed by atoms with E-state index >= 15 is 0 Å². The smallest absolute Gasteiger partial charge is 0.159 e. The highest BCUT2D eigenvalue weighted by Gasteiger charge is 2.46. The van der Waals surface area contributed by atoms with Gasteiger partial charge in [0.1, 0.15) is 11.2 Å². The number of benzene rings is 14. The Morgan fingerprint density at radius 3 is 1.09 bits per heavy atom. The monoisotopic (exact) mass is 1030 g/mol. The topological polar surface area (TPSA) is 32.8 Å². The average Bonchev–Trinajstić information content (AvgIpc) is 4.29. The summed E-state index contributed by atoms with van der Waals surface area (Å²) in [6, 6.07) is 106. The number of fused-ring (bicyclic) bond motifs is 15. The third-order valence-corrected chi connectivity index (χ3v) is 17.2. The van der Waals surface area contributed by atoms with Gasteiger partial charge in [0.15, 0.2) is 11.2 Å². The molecule has 0 amide bonds. The van der Waals surface area contributed by atoms with Crippen molar-refractivity contribution in [2.45, 2.75) is 5.41 Å². The fourth-order valence-electron chi connectivity index (χ4n) is 13.7. The van der Waals surface area contributed by atoms with E-state index in [4.69, 9.17) is 8.83 Å². The Hall–Kier alpha value is -10.7. The van der Waals surface area contributed by atoms with Gasteiger partial charge in [-0.25, -0.2) is 0 Å². The summed E-state index contributed by atoms with van der Waals surface area (Å²) < 4.78 is 13.8. The molecule has 0 atom stereocenters. The van der Waals surface area contributed by atoms with Crippen molar-refractivity contribution in [3.8, 4) is 11.1 Å². The highest BCUT2D eigenvalue weighted by atomic mass is 16.3. The van der Waals surface area contributed by atoms with Crippen LogP contribution in [0.2, 0.25) is 0 Å². The largest absolute Gasteiger partial charge is 0.454 e. The van der Waals surface area contributed by atoms with Crippen LogP contribution in [-0.2, 0) is 5.41 Å². The van der Waals surface area contributed by atoms with Crippen LogP contribution >= 0.6 is 0 Å². The second-order valence-corrected chi connectivity index (χ2v) is 21.5. The van der Waals surface area contributed by atoms with Gasteiger partial charge in [0.2, 0.25) is 0 Å². The van der Waals surface area contributed by atoms with E-state index in [9.17, 15) is 0 Å². The van der Waals surface area contributed by atoms with Crippen molar-refractivity contribution in [1.29, 1.82) is 0 Å². The summed E-state index contributed by atoms with van der Waals surface area (Å²) in [7, 11) is 0. The van der Waals surface area contributed by atoms with Crippen molar-refractivity contribution in [2.75, 3.05) is 9.80 Å². The van der Waals surface area contributed by atoms with Gasteiger partial charge >= 0.3 is 0 Å². The normalized spacial score (nSPS) is 12.8. The van der Waals surface area contributed by atoms with E-state index < -0.39 is 5.41 Å². The maximum atomic E-state index is 6.92. The first-order chi connectivity index (χ1) is 40.2. The highest BCUT2D eigenvalue weighted by Crippen LogP contribution is 2.58. The SMILES string of the molecule is c1ccc(N(c2ccc3cc4c(cc3c2)C(c2ccccc2)(c2ccccc2)c2cc3cc(N(c5ccccc5)c5cccc6c5oc5ccc7ccccc7c56)ccc3cc2-4)c2cccc3c2oc2ccc4ccccc4c23)cc1. The zero-order valence-corrected chi connectivity index (χ0v) is 43.9. The summed E-state index contributed by atoms with van der Waals surface area (Å²) in [5.74, 6) is 0. The Balaban J connectivity index is 0.871. The van der Waals surface area contributed by atoms with Gasteiger partial charge in [0.05, 0.1) is 16.8 Å². The number of anilines is 6. The van der Waals surface area contributed by atoms with Crippen LogP contribution in [0.15, 0.2) is 300 Å². The molecule has 0 radical (unpaired) electrons. The lowest BCUT2D eigenvalue weighted by Gasteiger charge is -2.34. The number of furan rings is 2. The summed E-state index contributed by atoms with van der Waals surface area (Å²) in [6.07, 6.45) is 0. The molecule has 4 heteroatoms. The first-order valence-electron chi connectivity index (χ1n) is 27.8. The van der Waals surface area contributed by atoms with Crippen LogP contribution in [0.4, 0.5) is 34.1 Å². The lowest BCUT2D eigenvalue weighted by molar-refractivity contribution is 0.669. The minimum absolute atomic E-state index is 0.662. The number of nitrogens with zero attached hydrogens (tertiary/aromatic N) is 2. The Labute approximate surface area is 467 Å². The number of rotatable bonds is 8. The van der Waals surface area contributed by atoms with Crippen LogP contribution in [0.3, 0.4) is 0 Å². The zero-order valence-electron chi connectivity index (χ0n) is 43.9. The molecule has 0 bridgehead atoms. The van der Waals surface area contributed by atoms with E-state index in [0.29, 0.717) is 0 Å². The van der Waals surface area contributed by atoms with Gasteiger partial charge in [-0.05, 0) is 174 Å². The molecule has 0 saturated carbocycles. The molecule has 2 heterocycles. The molecule has 0 fully saturated rings. The van der Waals surface area contributed by atoms with Crippen LogP contribution in [-0.4, -0.2) is 0 Å². The quantitative estimate of drug-likeness (QED) is 0.152. The molecule has 0 spiro atoms. The molecule has 81 heavy (non-hydrogen) atoms. The summed E-state index contributed by atoms with van der Waals surface area (Å²) in [4.78, 5) is 4.71. The lowest BCUT2D eigenvalue weighted by atomic mass is 9.67. The maximum Gasteiger partial charge on any atom is 0.159 e. The Morgan fingerprint density at radius 1 is 0.259 bits per heavy atom. The van der Waals surface area contributed by atoms with Gasteiger partial charge in [0.25, 0.3) is 0 Å².